The van der Waals surface area contributed by atoms with Crippen LogP contribution in [0.5, 0.6) is 0 Å². The monoisotopic (exact) mass is 899 g/mol. The maximum atomic E-state index is 12.7. The van der Waals surface area contributed by atoms with Gasteiger partial charge >= 0.3 is 23.5 Å². The van der Waals surface area contributed by atoms with Crippen LogP contribution in [0.25, 0.3) is 11.2 Å². The fourth-order valence-corrected chi connectivity index (χ4v) is 8.77. The Morgan fingerprint density at radius 2 is 1.69 bits per heavy atom. The van der Waals surface area contributed by atoms with Gasteiger partial charge < -0.3 is 50.9 Å². The minimum atomic E-state index is -5.57. The molecule has 0 aliphatic carbocycles. The lowest BCUT2D eigenvalue weighted by Crippen LogP contribution is -2.46. The summed E-state index contributed by atoms with van der Waals surface area (Å²) in [5.41, 5.74) is 5.30. The average Bonchev–Trinajstić information content (AvgIpc) is 3.71. The quantitative estimate of drug-likeness (QED) is 0.0483. The molecule has 28 heteroatoms. The molecule has 1 aliphatic heterocycles. The molecule has 7 atom stereocenters. The number of benzene rings is 1. The van der Waals surface area contributed by atoms with Crippen molar-refractivity contribution in [2.45, 2.75) is 63.8 Å². The van der Waals surface area contributed by atoms with E-state index in [4.69, 9.17) is 19.5 Å². The highest BCUT2D eigenvalue weighted by Gasteiger charge is 2.50. The van der Waals surface area contributed by atoms with E-state index >= 15 is 0 Å². The summed E-state index contributed by atoms with van der Waals surface area (Å²) in [6, 6.07) is 9.52. The first kappa shape index (κ1) is 47.5. The molecule has 58 heavy (non-hydrogen) atoms. The van der Waals surface area contributed by atoms with Crippen LogP contribution in [0, 0.1) is 5.41 Å². The number of anilines is 1. The minimum Gasteiger partial charge on any atom is -0.386 e. The van der Waals surface area contributed by atoms with E-state index in [0.717, 1.165) is 34.5 Å². The van der Waals surface area contributed by atoms with E-state index in [1.54, 1.807) is 0 Å². The zero-order valence-electron chi connectivity index (χ0n) is 30.9. The zero-order valence-corrected chi connectivity index (χ0v) is 34.4. The second kappa shape index (κ2) is 20.4. The van der Waals surface area contributed by atoms with Crippen molar-refractivity contribution < 1.29 is 80.5 Å². The topological polar surface area (TPSA) is 364 Å². The first-order chi connectivity index (χ1) is 27.1. The average molecular weight is 900 g/mol. The van der Waals surface area contributed by atoms with Crippen molar-refractivity contribution in [1.29, 1.82) is 0 Å². The fraction of sp³-hybridized carbons (Fsp3) is 0.533. The van der Waals surface area contributed by atoms with E-state index in [-0.39, 0.29) is 41.6 Å². The van der Waals surface area contributed by atoms with Gasteiger partial charge in [0.2, 0.25) is 11.8 Å². The Kier molecular flexibility index (Phi) is 16.7. The number of imidazole rings is 1. The van der Waals surface area contributed by atoms with Gasteiger partial charge in [0.25, 0.3) is 0 Å². The number of nitrogens with one attached hydrogen (secondary N) is 2. The van der Waals surface area contributed by atoms with Gasteiger partial charge in [-0.05, 0) is 12.0 Å². The van der Waals surface area contributed by atoms with Crippen LogP contribution in [-0.4, -0.2) is 123 Å². The molecule has 0 bridgehead atoms. The second-order valence-electron chi connectivity index (χ2n) is 13.3. The molecule has 1 fully saturated rings. The molecular formula is C30H44N7O17P3S. The molecule has 10 N–H and O–H groups in total. The summed E-state index contributed by atoms with van der Waals surface area (Å²) < 4.78 is 62.2. The van der Waals surface area contributed by atoms with Crippen molar-refractivity contribution in [1.82, 2.24) is 30.2 Å². The number of thioether (sulfide) groups is 1. The van der Waals surface area contributed by atoms with Crippen molar-refractivity contribution in [2.75, 3.05) is 37.8 Å². The van der Waals surface area contributed by atoms with Gasteiger partial charge in [0, 0.05) is 37.1 Å². The van der Waals surface area contributed by atoms with Gasteiger partial charge in [0.05, 0.1) is 19.5 Å². The summed E-state index contributed by atoms with van der Waals surface area (Å²) in [5, 5.41) is 26.4. The number of amides is 2. The van der Waals surface area contributed by atoms with Crippen molar-refractivity contribution in [3.05, 3.63) is 48.5 Å². The Morgan fingerprint density at radius 3 is 2.38 bits per heavy atom. The van der Waals surface area contributed by atoms with E-state index in [1.165, 1.54) is 13.8 Å². The predicted octanol–water partition coefficient (Wildman–Crippen LogP) is 0.298. The van der Waals surface area contributed by atoms with E-state index in [9.17, 15) is 57.9 Å². The van der Waals surface area contributed by atoms with Gasteiger partial charge in [-0.3, -0.25) is 32.5 Å². The van der Waals surface area contributed by atoms with Crippen molar-refractivity contribution >= 4 is 69.1 Å². The Hall–Kier alpha value is -3.22. The molecule has 1 aliphatic rings. The number of aromatic nitrogens is 4. The molecule has 322 valence electrons. The summed E-state index contributed by atoms with van der Waals surface area (Å²) >= 11 is 1.09. The number of fused-ring (bicyclic) bond motifs is 1. The Balaban J connectivity index is 1.20. The van der Waals surface area contributed by atoms with Crippen LogP contribution in [0.4, 0.5) is 5.82 Å². The summed E-state index contributed by atoms with van der Waals surface area (Å²) in [7, 11) is -16.4. The van der Waals surface area contributed by atoms with Gasteiger partial charge in [-0.1, -0.05) is 55.9 Å². The zero-order chi connectivity index (χ0) is 42.9. The number of aryl methyl sites for hydroxylation is 1. The molecule has 2 amide bonds. The summed E-state index contributed by atoms with van der Waals surface area (Å²) in [6.45, 7) is 0.494. The molecule has 0 saturated carbocycles. The van der Waals surface area contributed by atoms with Crippen LogP contribution < -0.4 is 16.4 Å². The first-order valence-electron chi connectivity index (χ1n) is 17.2. The van der Waals surface area contributed by atoms with Crippen LogP contribution in [0.3, 0.4) is 0 Å². The number of carbonyl (C=O) groups is 3. The molecule has 3 heterocycles. The molecular weight excluding hydrogens is 855 g/mol. The van der Waals surface area contributed by atoms with Gasteiger partial charge in [-0.25, -0.2) is 28.6 Å². The number of nitrogen functional groups attached to an aromatic ring is 1. The lowest BCUT2D eigenvalue weighted by Gasteiger charge is -2.30. The third-order valence-corrected chi connectivity index (χ3v) is 12.3. The molecule has 1 aromatic carbocycles. The summed E-state index contributed by atoms with van der Waals surface area (Å²) in [4.78, 5) is 87.8. The second-order valence-corrected chi connectivity index (χ2v) is 18.7. The van der Waals surface area contributed by atoms with Crippen molar-refractivity contribution in [3.63, 3.8) is 0 Å². The lowest BCUT2D eigenvalue weighted by molar-refractivity contribution is -0.137. The molecule has 2 aromatic heterocycles. The number of phosphoric ester groups is 3. The van der Waals surface area contributed by atoms with Gasteiger partial charge in [-0.2, -0.15) is 4.31 Å². The SMILES string of the molecule is CC(C)(COP(=O)(O)OP(=O)(O)OC[C@H]1O[C@@H](n2cnc3c(N)ncnc32)[C@H](O)[C@@H]1OP(=O)(O)O)C(O)C(=O)NCCC(=O)NCCSC(=O)CCc1ccccc1. The van der Waals surface area contributed by atoms with Crippen LogP contribution in [-0.2, 0) is 57.1 Å². The summed E-state index contributed by atoms with van der Waals surface area (Å²) in [5.74, 6) is -1.11. The maximum Gasteiger partial charge on any atom is 0.481 e. The highest BCUT2D eigenvalue weighted by Crippen LogP contribution is 2.61. The summed E-state index contributed by atoms with van der Waals surface area (Å²) in [6.07, 6.45) is -5.96. The van der Waals surface area contributed by atoms with Crippen LogP contribution in [0.1, 0.15) is 38.5 Å². The normalized spacial score (nSPS) is 21.2. The Labute approximate surface area is 334 Å². The highest BCUT2D eigenvalue weighted by molar-refractivity contribution is 8.13. The first-order valence-corrected chi connectivity index (χ1v) is 22.7. The van der Waals surface area contributed by atoms with Crippen LogP contribution in [0.2, 0.25) is 0 Å². The van der Waals surface area contributed by atoms with E-state index < -0.39 is 84.6 Å². The molecule has 1 saturated heterocycles. The Morgan fingerprint density at radius 1 is 1.00 bits per heavy atom. The number of ether oxygens (including phenoxy) is 1. The number of hydrogen-bond donors (Lipinski definition) is 9. The Bertz CT molecular complexity index is 2040. The van der Waals surface area contributed by atoms with E-state index in [2.05, 4.69) is 34.4 Å². The molecule has 3 unspecified atom stereocenters. The number of rotatable bonds is 22. The largest absolute Gasteiger partial charge is 0.481 e. The van der Waals surface area contributed by atoms with Crippen LogP contribution >= 0.6 is 35.2 Å². The number of nitrogens with zero attached hydrogens (tertiary/aromatic N) is 4. The lowest BCUT2D eigenvalue weighted by atomic mass is 9.87. The molecule has 0 radical (unpaired) electrons. The number of phosphoric acid groups is 3. The predicted molar refractivity (Wildman–Crippen MR) is 202 cm³/mol. The number of aliphatic hydroxyl groups is 2. The van der Waals surface area contributed by atoms with E-state index in [1.807, 2.05) is 30.3 Å². The third-order valence-electron chi connectivity index (χ3n) is 8.23. The maximum absolute atomic E-state index is 12.7. The van der Waals surface area contributed by atoms with E-state index in [0.29, 0.717) is 18.6 Å². The van der Waals surface area contributed by atoms with Crippen molar-refractivity contribution in [3.8, 4) is 0 Å². The molecule has 4 rings (SSSR count). The molecule has 24 nitrogen and oxygen atoms in total. The van der Waals surface area contributed by atoms with Crippen LogP contribution in [0.15, 0.2) is 43.0 Å². The number of aliphatic hydroxyl groups excluding tert-OH is 2. The minimum absolute atomic E-state index is 0.0185. The molecule has 0 spiro atoms. The number of carbonyl (C=O) groups excluding carboxylic acids is 3. The smallest absolute Gasteiger partial charge is 0.386 e. The molecule has 3 aromatic rings. The highest BCUT2D eigenvalue weighted by atomic mass is 32.2. The fourth-order valence-electron chi connectivity index (χ4n) is 5.26. The van der Waals surface area contributed by atoms with Gasteiger partial charge in [-0.15, -0.1) is 0 Å². The van der Waals surface area contributed by atoms with Gasteiger partial charge in [0.15, 0.2) is 22.8 Å². The van der Waals surface area contributed by atoms with Gasteiger partial charge in [0.1, 0.15) is 36.3 Å². The third kappa shape index (κ3) is 14.2. The number of hydrogen-bond acceptors (Lipinski definition) is 18. The standard InChI is InChI=1S/C30H44N7O17P3S/c1-30(2,25(41)28(42)33-11-10-20(38)32-12-13-58-21(39)9-8-18-6-4-3-5-7-18)15-51-57(48,49)54-56(46,47)50-14-19-24(53-55(43,44)45)23(40)29(52-19)37-17-36-22-26(31)34-16-35-27(22)37/h3-7,16-17,19,23-25,29,40-41H,8-15H2,1-2H3,(H,32,38)(H,33,42)(H,46,47)(H,48,49)(H2,31,34,35)(H2,43,44,45)/t19-,23-,24-,25?,29-/m1/s1. The van der Waals surface area contributed by atoms with Crippen molar-refractivity contribution in [2.24, 2.45) is 5.41 Å². The number of nitrogens with two attached hydrogens (primary N) is 1.